The van der Waals surface area contributed by atoms with Gasteiger partial charge in [0.2, 0.25) is 0 Å². The number of nitrogens with one attached hydrogen (secondary N) is 1. The van der Waals surface area contributed by atoms with E-state index in [1.807, 2.05) is 31.2 Å². The second-order valence-electron chi connectivity index (χ2n) is 6.25. The molecule has 9 nitrogen and oxygen atoms in total. The first kappa shape index (κ1) is 20.3. The molecule has 3 aromatic rings. The number of amides is 1. The van der Waals surface area contributed by atoms with Crippen molar-refractivity contribution in [3.05, 3.63) is 59.9 Å². The fourth-order valence-electron chi connectivity index (χ4n) is 2.74. The van der Waals surface area contributed by atoms with Crippen LogP contribution in [0.5, 0.6) is 11.5 Å². The molecule has 152 valence electrons. The summed E-state index contributed by atoms with van der Waals surface area (Å²) in [6.07, 6.45) is 1.47. The summed E-state index contributed by atoms with van der Waals surface area (Å²) in [6, 6.07) is 12.4. The second-order valence-corrected chi connectivity index (χ2v) is 6.25. The predicted octanol–water partition coefficient (Wildman–Crippen LogP) is 2.19. The molecule has 0 aliphatic carbocycles. The summed E-state index contributed by atoms with van der Waals surface area (Å²) in [5, 5.41) is 14.1. The van der Waals surface area contributed by atoms with Crippen molar-refractivity contribution in [3.8, 4) is 17.2 Å². The molecular weight excluding hydrogens is 374 g/mol. The average molecular weight is 397 g/mol. The Labute approximate surface area is 168 Å². The van der Waals surface area contributed by atoms with Crippen molar-refractivity contribution in [1.29, 1.82) is 0 Å². The standard InChI is InChI=1S/C20H23N5O4/c1-14(15-7-8-18(19(12-15)28-3)29-10-9-27-2)22-20(26)16-5-4-6-17(11-16)25-13-21-23-24-25/h4-8,11-14H,9-10H2,1-3H3,(H,22,26). The molecule has 0 aliphatic heterocycles. The van der Waals surface area contributed by atoms with E-state index in [0.29, 0.717) is 36.0 Å². The van der Waals surface area contributed by atoms with Crippen LogP contribution in [0.4, 0.5) is 0 Å². The van der Waals surface area contributed by atoms with Crippen LogP contribution in [0.1, 0.15) is 28.9 Å². The first-order valence-corrected chi connectivity index (χ1v) is 9.06. The number of carbonyl (C=O) groups excluding carboxylic acids is 1. The molecule has 2 aromatic carbocycles. The Morgan fingerprint density at radius 1 is 1.14 bits per heavy atom. The van der Waals surface area contributed by atoms with E-state index in [0.717, 1.165) is 5.56 Å². The maximum Gasteiger partial charge on any atom is 0.251 e. The third-order valence-corrected chi connectivity index (χ3v) is 4.30. The van der Waals surface area contributed by atoms with E-state index in [2.05, 4.69) is 20.8 Å². The van der Waals surface area contributed by atoms with Crippen LogP contribution >= 0.6 is 0 Å². The number of methoxy groups -OCH3 is 2. The van der Waals surface area contributed by atoms with E-state index >= 15 is 0 Å². The van der Waals surface area contributed by atoms with Crippen LogP contribution < -0.4 is 14.8 Å². The Kier molecular flexibility index (Phi) is 6.75. The van der Waals surface area contributed by atoms with Crippen molar-refractivity contribution in [2.24, 2.45) is 0 Å². The summed E-state index contributed by atoms with van der Waals surface area (Å²) in [5.41, 5.74) is 2.11. The minimum Gasteiger partial charge on any atom is -0.493 e. The SMILES string of the molecule is COCCOc1ccc(C(C)NC(=O)c2cccc(-n3cnnn3)c2)cc1OC. The zero-order valence-corrected chi connectivity index (χ0v) is 16.5. The number of carbonyl (C=O) groups is 1. The molecule has 1 heterocycles. The van der Waals surface area contributed by atoms with Crippen LogP contribution in [0.2, 0.25) is 0 Å². The normalized spacial score (nSPS) is 11.7. The molecule has 0 fully saturated rings. The van der Waals surface area contributed by atoms with Crippen molar-refractivity contribution >= 4 is 5.91 Å². The molecule has 3 rings (SSSR count). The average Bonchev–Trinajstić information content (AvgIpc) is 3.29. The lowest BCUT2D eigenvalue weighted by molar-refractivity contribution is 0.0939. The highest BCUT2D eigenvalue weighted by Gasteiger charge is 2.15. The van der Waals surface area contributed by atoms with Gasteiger partial charge in [0.25, 0.3) is 5.91 Å². The predicted molar refractivity (Wildman–Crippen MR) is 105 cm³/mol. The number of hydrogen-bond acceptors (Lipinski definition) is 7. The molecular formula is C20H23N5O4. The van der Waals surface area contributed by atoms with Gasteiger partial charge >= 0.3 is 0 Å². The van der Waals surface area contributed by atoms with Gasteiger partial charge in [0.1, 0.15) is 12.9 Å². The minimum absolute atomic E-state index is 0.202. The smallest absolute Gasteiger partial charge is 0.251 e. The van der Waals surface area contributed by atoms with Crippen molar-refractivity contribution in [3.63, 3.8) is 0 Å². The molecule has 0 saturated carbocycles. The van der Waals surface area contributed by atoms with Crippen LogP contribution in [0, 0.1) is 0 Å². The fraction of sp³-hybridized carbons (Fsp3) is 0.300. The number of tetrazole rings is 1. The topological polar surface area (TPSA) is 100 Å². The third kappa shape index (κ3) is 5.08. The van der Waals surface area contributed by atoms with Gasteiger partial charge in [0.15, 0.2) is 11.5 Å². The van der Waals surface area contributed by atoms with E-state index in [-0.39, 0.29) is 11.9 Å². The van der Waals surface area contributed by atoms with Gasteiger partial charge in [-0.1, -0.05) is 12.1 Å². The highest BCUT2D eigenvalue weighted by Crippen LogP contribution is 2.30. The zero-order valence-electron chi connectivity index (χ0n) is 16.5. The molecule has 1 unspecified atom stereocenters. The molecule has 1 N–H and O–H groups in total. The number of rotatable bonds is 9. The van der Waals surface area contributed by atoms with Gasteiger partial charge in [-0.15, -0.1) is 5.10 Å². The quantitative estimate of drug-likeness (QED) is 0.552. The highest BCUT2D eigenvalue weighted by molar-refractivity contribution is 5.95. The molecule has 0 bridgehead atoms. The van der Waals surface area contributed by atoms with Crippen LogP contribution in [0.3, 0.4) is 0 Å². The van der Waals surface area contributed by atoms with Crippen molar-refractivity contribution in [2.75, 3.05) is 27.4 Å². The van der Waals surface area contributed by atoms with E-state index in [4.69, 9.17) is 14.2 Å². The Hall–Kier alpha value is -3.46. The second kappa shape index (κ2) is 9.65. The summed E-state index contributed by atoms with van der Waals surface area (Å²) in [4.78, 5) is 12.7. The monoisotopic (exact) mass is 397 g/mol. The lowest BCUT2D eigenvalue weighted by atomic mass is 10.1. The molecule has 0 aliphatic rings. The molecule has 1 atom stereocenters. The van der Waals surface area contributed by atoms with Crippen LogP contribution in [-0.4, -0.2) is 53.5 Å². The van der Waals surface area contributed by atoms with E-state index in [1.54, 1.807) is 32.4 Å². The Bertz CT molecular complexity index is 946. The summed E-state index contributed by atoms with van der Waals surface area (Å²) >= 11 is 0. The molecule has 29 heavy (non-hydrogen) atoms. The van der Waals surface area contributed by atoms with Gasteiger partial charge in [0, 0.05) is 12.7 Å². The Morgan fingerprint density at radius 3 is 2.72 bits per heavy atom. The van der Waals surface area contributed by atoms with Gasteiger partial charge < -0.3 is 19.5 Å². The van der Waals surface area contributed by atoms with Gasteiger partial charge in [-0.3, -0.25) is 4.79 Å². The molecule has 9 heteroatoms. The number of ether oxygens (including phenoxy) is 3. The van der Waals surface area contributed by atoms with Crippen LogP contribution in [0.15, 0.2) is 48.8 Å². The number of hydrogen-bond donors (Lipinski definition) is 1. The lowest BCUT2D eigenvalue weighted by Crippen LogP contribution is -2.26. The number of benzene rings is 2. The van der Waals surface area contributed by atoms with Gasteiger partial charge in [-0.25, -0.2) is 4.68 Å². The first-order chi connectivity index (χ1) is 14.1. The third-order valence-electron chi connectivity index (χ3n) is 4.30. The summed E-state index contributed by atoms with van der Waals surface area (Å²) in [5.74, 6) is 1.02. The largest absolute Gasteiger partial charge is 0.493 e. The molecule has 1 aromatic heterocycles. The first-order valence-electron chi connectivity index (χ1n) is 9.06. The van der Waals surface area contributed by atoms with Crippen molar-refractivity contribution in [2.45, 2.75) is 13.0 Å². The van der Waals surface area contributed by atoms with E-state index in [9.17, 15) is 4.79 Å². The summed E-state index contributed by atoms with van der Waals surface area (Å²) < 4.78 is 17.5. The minimum atomic E-state index is -0.235. The Balaban J connectivity index is 1.70. The maximum atomic E-state index is 12.7. The van der Waals surface area contributed by atoms with Gasteiger partial charge in [-0.2, -0.15) is 0 Å². The van der Waals surface area contributed by atoms with Gasteiger partial charge in [0.05, 0.1) is 25.4 Å². The number of nitrogens with zero attached hydrogens (tertiary/aromatic N) is 4. The van der Waals surface area contributed by atoms with Crippen molar-refractivity contribution in [1.82, 2.24) is 25.5 Å². The fourth-order valence-corrected chi connectivity index (χ4v) is 2.74. The maximum absolute atomic E-state index is 12.7. The molecule has 0 spiro atoms. The lowest BCUT2D eigenvalue weighted by Gasteiger charge is -2.17. The van der Waals surface area contributed by atoms with Gasteiger partial charge in [-0.05, 0) is 53.2 Å². The molecule has 1 amide bonds. The highest BCUT2D eigenvalue weighted by atomic mass is 16.5. The zero-order chi connectivity index (χ0) is 20.6. The summed E-state index contributed by atoms with van der Waals surface area (Å²) in [7, 11) is 3.20. The van der Waals surface area contributed by atoms with Crippen molar-refractivity contribution < 1.29 is 19.0 Å². The summed E-state index contributed by atoms with van der Waals surface area (Å²) in [6.45, 7) is 2.82. The van der Waals surface area contributed by atoms with Crippen LogP contribution in [0.25, 0.3) is 5.69 Å². The number of aromatic nitrogens is 4. The molecule has 0 saturated heterocycles. The Morgan fingerprint density at radius 2 is 2.00 bits per heavy atom. The van der Waals surface area contributed by atoms with E-state index in [1.165, 1.54) is 11.0 Å². The van der Waals surface area contributed by atoms with Crippen LogP contribution in [-0.2, 0) is 4.74 Å². The van der Waals surface area contributed by atoms with E-state index < -0.39 is 0 Å². The molecule has 0 radical (unpaired) electrons.